The number of hydrogen-bond acceptors (Lipinski definition) is 2. The second-order valence-electron chi connectivity index (χ2n) is 3.84. The summed E-state index contributed by atoms with van der Waals surface area (Å²) in [5, 5.41) is 5.58. The van der Waals surface area contributed by atoms with Crippen LogP contribution in [0.25, 0.3) is 0 Å². The molecule has 0 saturated heterocycles. The van der Waals surface area contributed by atoms with Crippen molar-refractivity contribution in [3.8, 4) is 0 Å². The Bertz CT molecular complexity index is 305. The first-order chi connectivity index (χ1) is 9.06. The highest BCUT2D eigenvalue weighted by molar-refractivity contribution is 5.47. The van der Waals surface area contributed by atoms with Gasteiger partial charge in [-0.25, -0.2) is 8.78 Å². The Kier molecular flexibility index (Phi) is 14.1. The number of likely N-dealkylation sites (N-methyl/N-ethyl adjacent to an activating group) is 1. The van der Waals surface area contributed by atoms with E-state index in [2.05, 4.69) is 24.5 Å². The van der Waals surface area contributed by atoms with E-state index in [1.807, 2.05) is 13.8 Å². The van der Waals surface area contributed by atoms with E-state index in [4.69, 9.17) is 0 Å². The number of rotatable bonds is 4. The summed E-state index contributed by atoms with van der Waals surface area (Å²) in [6.07, 6.45) is 1.25. The van der Waals surface area contributed by atoms with Crippen LogP contribution < -0.4 is 10.6 Å². The Labute approximate surface area is 116 Å². The van der Waals surface area contributed by atoms with Crippen molar-refractivity contribution in [3.63, 3.8) is 0 Å². The van der Waals surface area contributed by atoms with Gasteiger partial charge in [0.25, 0.3) is 0 Å². The van der Waals surface area contributed by atoms with Gasteiger partial charge < -0.3 is 10.6 Å². The van der Waals surface area contributed by atoms with E-state index < -0.39 is 11.6 Å². The topological polar surface area (TPSA) is 24.1 Å². The molecule has 0 amide bonds. The molecule has 1 rings (SSSR count). The highest BCUT2D eigenvalue weighted by atomic mass is 19.1. The predicted octanol–water partition coefficient (Wildman–Crippen LogP) is 4.35. The first-order valence-electron chi connectivity index (χ1n) is 6.90. The predicted molar refractivity (Wildman–Crippen MR) is 80.8 cm³/mol. The molecule has 0 aromatic heterocycles. The average Bonchev–Trinajstić information content (AvgIpc) is 2.36. The van der Waals surface area contributed by atoms with Crippen LogP contribution in [0.3, 0.4) is 0 Å². The molecule has 112 valence electrons. The Hall–Kier alpha value is -1.16. The minimum Gasteiger partial charge on any atom is -0.379 e. The average molecular weight is 274 g/mol. The van der Waals surface area contributed by atoms with Crippen molar-refractivity contribution in [2.75, 3.05) is 25.5 Å². The minimum absolute atomic E-state index is 0.0501. The molecule has 2 N–H and O–H groups in total. The lowest BCUT2D eigenvalue weighted by Gasteiger charge is -2.08. The maximum atomic E-state index is 13.2. The van der Waals surface area contributed by atoms with Crippen LogP contribution in [-0.4, -0.2) is 20.1 Å². The summed E-state index contributed by atoms with van der Waals surface area (Å²) in [6.45, 7) is 11.1. The Morgan fingerprint density at radius 2 is 1.42 bits per heavy atom. The number of aryl methyl sites for hydroxylation is 1. The van der Waals surface area contributed by atoms with Gasteiger partial charge in [-0.15, -0.1) is 0 Å². The maximum absolute atomic E-state index is 13.2. The van der Waals surface area contributed by atoms with Crippen molar-refractivity contribution in [3.05, 3.63) is 29.3 Å². The normalized spacial score (nSPS) is 8.84. The highest BCUT2D eigenvalue weighted by Gasteiger charge is 2.08. The molecule has 4 heteroatoms. The van der Waals surface area contributed by atoms with Gasteiger partial charge in [0.1, 0.15) is 17.3 Å². The van der Waals surface area contributed by atoms with Crippen LogP contribution in [0.5, 0.6) is 0 Å². The maximum Gasteiger partial charge on any atom is 0.149 e. The van der Waals surface area contributed by atoms with Crippen molar-refractivity contribution < 1.29 is 8.78 Å². The zero-order valence-electron chi connectivity index (χ0n) is 13.0. The molecule has 0 fully saturated rings. The van der Waals surface area contributed by atoms with Gasteiger partial charge in [-0.05, 0) is 31.7 Å². The van der Waals surface area contributed by atoms with Crippen molar-refractivity contribution in [1.29, 1.82) is 0 Å². The molecule has 0 atom stereocenters. The van der Waals surface area contributed by atoms with E-state index in [9.17, 15) is 8.78 Å². The van der Waals surface area contributed by atoms with Crippen LogP contribution in [0.15, 0.2) is 12.1 Å². The van der Waals surface area contributed by atoms with Gasteiger partial charge in [0.05, 0.1) is 0 Å². The van der Waals surface area contributed by atoms with E-state index in [1.54, 1.807) is 14.0 Å². The molecule has 0 aliphatic rings. The molecule has 0 spiro atoms. The lowest BCUT2D eigenvalue weighted by molar-refractivity contribution is 0.585. The molecule has 19 heavy (non-hydrogen) atoms. The van der Waals surface area contributed by atoms with Crippen LogP contribution in [0.4, 0.5) is 14.5 Å². The van der Waals surface area contributed by atoms with Gasteiger partial charge in [0.2, 0.25) is 0 Å². The molecule has 0 saturated carbocycles. The van der Waals surface area contributed by atoms with Crippen LogP contribution in [-0.2, 0) is 0 Å². The summed E-state index contributed by atoms with van der Waals surface area (Å²) in [5.41, 5.74) is 0.532. The fraction of sp³-hybridized carbons (Fsp3) is 0.600. The molecule has 2 nitrogen and oxygen atoms in total. The molecular formula is C15H28F2N2. The van der Waals surface area contributed by atoms with E-state index in [-0.39, 0.29) is 5.69 Å². The third-order valence-electron chi connectivity index (χ3n) is 1.86. The molecule has 0 unspecified atom stereocenters. The summed E-state index contributed by atoms with van der Waals surface area (Å²) in [7, 11) is 1.78. The Balaban J connectivity index is 0. The first kappa shape index (κ1) is 20.2. The van der Waals surface area contributed by atoms with Gasteiger partial charge >= 0.3 is 0 Å². The largest absolute Gasteiger partial charge is 0.379 e. The first-order valence-corrected chi connectivity index (χ1v) is 6.90. The smallest absolute Gasteiger partial charge is 0.149 e. The second-order valence-corrected chi connectivity index (χ2v) is 3.84. The lowest BCUT2D eigenvalue weighted by atomic mass is 10.2. The number of benzene rings is 1. The van der Waals surface area contributed by atoms with Gasteiger partial charge in [-0.1, -0.05) is 34.1 Å². The molecule has 0 aliphatic carbocycles. The third kappa shape index (κ3) is 9.42. The van der Waals surface area contributed by atoms with Crippen LogP contribution in [0.2, 0.25) is 0 Å². The summed E-state index contributed by atoms with van der Waals surface area (Å²) in [6, 6.07) is 2.62. The Morgan fingerprint density at radius 3 is 1.79 bits per heavy atom. The van der Waals surface area contributed by atoms with Crippen molar-refractivity contribution in [1.82, 2.24) is 5.32 Å². The monoisotopic (exact) mass is 274 g/mol. The molecule has 0 bridgehead atoms. The Morgan fingerprint density at radius 1 is 1.00 bits per heavy atom. The summed E-state index contributed by atoms with van der Waals surface area (Å²) in [4.78, 5) is 0. The zero-order valence-corrected chi connectivity index (χ0v) is 13.0. The molecule has 1 aromatic rings. The second kappa shape index (κ2) is 13.3. The van der Waals surface area contributed by atoms with E-state index in [0.29, 0.717) is 18.7 Å². The lowest BCUT2D eigenvalue weighted by Crippen LogP contribution is -2.18. The number of halogens is 2. The van der Waals surface area contributed by atoms with Gasteiger partial charge in [0, 0.05) is 13.1 Å². The van der Waals surface area contributed by atoms with Gasteiger partial charge in [-0.3, -0.25) is 0 Å². The van der Waals surface area contributed by atoms with Crippen LogP contribution in [0, 0.1) is 18.6 Å². The van der Waals surface area contributed by atoms with Crippen molar-refractivity contribution >= 4 is 5.69 Å². The van der Waals surface area contributed by atoms with Crippen LogP contribution in [0.1, 0.15) is 39.7 Å². The number of nitrogens with one attached hydrogen (secondary N) is 2. The SMILES string of the molecule is CC.CCC.CNCCNc1c(F)cc(C)cc1F. The molecular weight excluding hydrogens is 246 g/mol. The van der Waals surface area contributed by atoms with E-state index >= 15 is 0 Å². The van der Waals surface area contributed by atoms with Gasteiger partial charge in [0.15, 0.2) is 0 Å². The molecule has 0 aliphatic heterocycles. The number of anilines is 1. The fourth-order valence-electron chi connectivity index (χ4n) is 1.18. The molecule has 1 aromatic carbocycles. The standard InChI is InChI=1S/C10H14F2N2.C3H8.C2H6/c1-7-5-8(11)10(9(12)6-7)14-4-3-13-2;1-3-2;1-2/h5-6,13-14H,3-4H2,1-2H3;3H2,1-2H3;1-2H3. The van der Waals surface area contributed by atoms with Crippen molar-refractivity contribution in [2.24, 2.45) is 0 Å². The van der Waals surface area contributed by atoms with Crippen LogP contribution >= 0.6 is 0 Å². The summed E-state index contributed by atoms with van der Waals surface area (Å²) >= 11 is 0. The summed E-state index contributed by atoms with van der Waals surface area (Å²) in [5.74, 6) is -1.09. The van der Waals surface area contributed by atoms with E-state index in [0.717, 1.165) is 0 Å². The van der Waals surface area contributed by atoms with Crippen molar-refractivity contribution in [2.45, 2.75) is 41.0 Å². The minimum atomic E-state index is -0.543. The third-order valence-corrected chi connectivity index (χ3v) is 1.86. The summed E-state index contributed by atoms with van der Waals surface area (Å²) < 4.78 is 26.4. The fourth-order valence-corrected chi connectivity index (χ4v) is 1.18. The highest BCUT2D eigenvalue weighted by Crippen LogP contribution is 2.19. The quantitative estimate of drug-likeness (QED) is 0.798. The van der Waals surface area contributed by atoms with Gasteiger partial charge in [-0.2, -0.15) is 0 Å². The zero-order chi connectivity index (χ0) is 15.3. The van der Waals surface area contributed by atoms with E-state index in [1.165, 1.54) is 18.6 Å². The number of hydrogen-bond donors (Lipinski definition) is 2. The molecule has 0 heterocycles. The molecule has 0 radical (unpaired) electrons.